The predicted octanol–water partition coefficient (Wildman–Crippen LogP) is 3.08. The molecule has 2 aliphatic heterocycles. The van der Waals surface area contributed by atoms with Crippen LogP contribution >= 0.6 is 0 Å². The van der Waals surface area contributed by atoms with Gasteiger partial charge in [-0.15, -0.1) is 0 Å². The number of hydrogen-bond acceptors (Lipinski definition) is 7. The van der Waals surface area contributed by atoms with Crippen LogP contribution in [0.25, 0.3) is 0 Å². The van der Waals surface area contributed by atoms with Gasteiger partial charge in [0.05, 0.1) is 17.9 Å². The molecule has 5 aliphatic carbocycles. The summed E-state index contributed by atoms with van der Waals surface area (Å²) in [5, 5.41) is 23.5. The Kier molecular flexibility index (Phi) is 5.03. The molecule has 8 nitrogen and oxygen atoms in total. The highest BCUT2D eigenvalue weighted by atomic mass is 16.5. The lowest BCUT2D eigenvalue weighted by Gasteiger charge is -2.70. The van der Waals surface area contributed by atoms with E-state index in [4.69, 9.17) is 9.47 Å². The molecule has 2 saturated carbocycles. The molecule has 3 fully saturated rings. The van der Waals surface area contributed by atoms with Gasteiger partial charge in [0, 0.05) is 42.7 Å². The number of carbonyl (C=O) groups is 2. The van der Waals surface area contributed by atoms with Crippen molar-refractivity contribution in [2.24, 2.45) is 10.8 Å². The Morgan fingerprint density at radius 2 is 1.88 bits per heavy atom. The lowest BCUT2D eigenvalue weighted by molar-refractivity contribution is -0.190. The number of methoxy groups -OCH3 is 1. The number of piperidine rings is 1. The molecule has 2 aromatic carbocycles. The van der Waals surface area contributed by atoms with E-state index < -0.39 is 27.9 Å². The molecule has 7 aliphatic rings. The minimum atomic E-state index is -1.47. The van der Waals surface area contributed by atoms with Gasteiger partial charge in [-0.05, 0) is 62.3 Å². The smallest absolute Gasteiger partial charge is 0.313 e. The van der Waals surface area contributed by atoms with Crippen molar-refractivity contribution in [3.8, 4) is 11.5 Å². The second-order valence-corrected chi connectivity index (χ2v) is 13.3. The van der Waals surface area contributed by atoms with Gasteiger partial charge < -0.3 is 24.6 Å². The topological polar surface area (TPSA) is 99.5 Å². The summed E-state index contributed by atoms with van der Waals surface area (Å²) in [7, 11) is 3.25. The number of benzene rings is 2. The number of nitrogens with zero attached hydrogens (tertiary/aromatic N) is 2. The molecule has 8 heteroatoms. The average Bonchev–Trinajstić information content (AvgIpc) is 3.67. The van der Waals surface area contributed by atoms with Crippen LogP contribution in [0.4, 0.5) is 0 Å². The monoisotopic (exact) mass is 556 g/mol. The molecule has 1 amide bonds. The zero-order valence-electron chi connectivity index (χ0n) is 23.6. The lowest BCUT2D eigenvalue weighted by atomic mass is 9.38. The van der Waals surface area contributed by atoms with Crippen molar-refractivity contribution in [2.45, 2.75) is 68.2 Å². The van der Waals surface area contributed by atoms with Crippen molar-refractivity contribution in [2.75, 3.05) is 27.2 Å². The molecule has 2 heterocycles. The van der Waals surface area contributed by atoms with Crippen molar-refractivity contribution >= 4 is 11.9 Å². The summed E-state index contributed by atoms with van der Waals surface area (Å²) in [6.45, 7) is 1.81. The van der Waals surface area contributed by atoms with Gasteiger partial charge in [0.2, 0.25) is 0 Å². The number of fused-ring (bicyclic) bond motifs is 1. The molecule has 214 valence electrons. The molecule has 0 unspecified atom stereocenters. The fraction of sp³-hybridized carbons (Fsp3) is 0.515. The van der Waals surface area contributed by atoms with Crippen LogP contribution in [0, 0.1) is 10.8 Å². The van der Waals surface area contributed by atoms with Crippen LogP contribution in [-0.2, 0) is 32.7 Å². The maximum atomic E-state index is 14.2. The van der Waals surface area contributed by atoms with Crippen molar-refractivity contribution in [3.05, 3.63) is 70.8 Å². The lowest BCUT2D eigenvalue weighted by Crippen LogP contribution is -2.78. The van der Waals surface area contributed by atoms with Gasteiger partial charge in [-0.2, -0.15) is 0 Å². The van der Waals surface area contributed by atoms with Gasteiger partial charge in [0.1, 0.15) is 11.7 Å². The Hall–Kier alpha value is -3.36. The number of aromatic hydroxyl groups is 1. The van der Waals surface area contributed by atoms with Gasteiger partial charge in [-0.1, -0.05) is 42.5 Å². The SMILES string of the molecule is COC(=O)C1(CN2CC[C@]34c5c6ccc(O)c5O[C@H]3[C@@]3(O)CC[C@@]4(C=C3C(=O)N(C)Cc3ccccc3)[C@H]2C6)CC1. The molecular weight excluding hydrogens is 520 g/mol. The average molecular weight is 557 g/mol. The Bertz CT molecular complexity index is 1520. The third-order valence-electron chi connectivity index (χ3n) is 11.5. The highest BCUT2D eigenvalue weighted by molar-refractivity contribution is 5.97. The van der Waals surface area contributed by atoms with Crippen molar-refractivity contribution in [3.63, 3.8) is 0 Å². The second kappa shape index (κ2) is 8.13. The maximum Gasteiger partial charge on any atom is 0.313 e. The van der Waals surface area contributed by atoms with Crippen LogP contribution in [0.15, 0.2) is 54.1 Å². The number of aliphatic hydroxyl groups is 1. The van der Waals surface area contributed by atoms with Gasteiger partial charge in [0.15, 0.2) is 11.5 Å². The van der Waals surface area contributed by atoms with Gasteiger partial charge in [-0.3, -0.25) is 14.5 Å². The van der Waals surface area contributed by atoms with E-state index in [1.807, 2.05) is 36.4 Å². The van der Waals surface area contributed by atoms with Crippen LogP contribution in [-0.4, -0.2) is 76.9 Å². The third-order valence-corrected chi connectivity index (χ3v) is 11.5. The summed E-state index contributed by atoms with van der Waals surface area (Å²) in [6.07, 6.45) is 5.66. The number of likely N-dealkylation sites (N-methyl/N-ethyl adjacent to an activating group) is 1. The van der Waals surface area contributed by atoms with Crippen LogP contribution in [0.5, 0.6) is 11.5 Å². The number of ether oxygens (including phenoxy) is 2. The summed E-state index contributed by atoms with van der Waals surface area (Å²) < 4.78 is 11.8. The molecule has 4 bridgehead atoms. The first kappa shape index (κ1) is 25.4. The molecule has 2 aromatic rings. The number of rotatable bonds is 6. The Labute approximate surface area is 239 Å². The highest BCUT2D eigenvalue weighted by Crippen LogP contribution is 2.74. The summed E-state index contributed by atoms with van der Waals surface area (Å²) in [5.41, 5.74) is 0.602. The first-order chi connectivity index (χ1) is 19.7. The maximum absolute atomic E-state index is 14.2. The van der Waals surface area contributed by atoms with Crippen molar-refractivity contribution < 1.29 is 29.3 Å². The van der Waals surface area contributed by atoms with E-state index in [2.05, 4.69) is 11.0 Å². The first-order valence-corrected chi connectivity index (χ1v) is 14.8. The van der Waals surface area contributed by atoms with E-state index in [1.54, 1.807) is 18.0 Å². The predicted molar refractivity (Wildman–Crippen MR) is 149 cm³/mol. The van der Waals surface area contributed by atoms with E-state index in [9.17, 15) is 19.8 Å². The summed E-state index contributed by atoms with van der Waals surface area (Å²) in [5.74, 6) is 0.217. The molecule has 2 spiro atoms. The quantitative estimate of drug-likeness (QED) is 0.528. The Balaban J connectivity index is 1.26. The largest absolute Gasteiger partial charge is 0.504 e. The summed E-state index contributed by atoms with van der Waals surface area (Å²) in [4.78, 5) is 31.1. The Morgan fingerprint density at radius 3 is 2.61 bits per heavy atom. The number of carbonyl (C=O) groups excluding carboxylic acids is 2. The summed E-state index contributed by atoms with van der Waals surface area (Å²) in [6, 6.07) is 13.6. The van der Waals surface area contributed by atoms with Crippen LogP contribution < -0.4 is 4.74 Å². The third kappa shape index (κ3) is 3.02. The van der Waals surface area contributed by atoms with Crippen LogP contribution in [0.1, 0.15) is 48.8 Å². The number of phenolic OH excluding ortho intramolecular Hbond substituents is 1. The molecule has 0 radical (unpaired) electrons. The number of phenols is 1. The standard InChI is InChI=1S/C33H36N2O6/c1-34(18-20-6-4-3-5-7-20)27(37)22-17-31-12-13-33(22,39)28-32(31)14-15-35(19-30(10-11-30)29(38)40-2)24(31)16-21-8-9-23(36)26(41-28)25(21)32/h3-9,17,24,28,36,39H,10-16,18-19H2,1-2H3/t24-,28-,31-,32+,33-/m1/s1. The van der Waals surface area contributed by atoms with E-state index in [0.717, 1.165) is 48.9 Å². The number of hydrogen-bond donors (Lipinski definition) is 2. The minimum absolute atomic E-state index is 0.0274. The summed E-state index contributed by atoms with van der Waals surface area (Å²) >= 11 is 0. The zero-order chi connectivity index (χ0) is 28.4. The first-order valence-electron chi connectivity index (χ1n) is 14.8. The fourth-order valence-corrected chi connectivity index (χ4v) is 9.46. The Morgan fingerprint density at radius 1 is 1.10 bits per heavy atom. The molecular formula is C33H36N2O6. The van der Waals surface area contributed by atoms with Gasteiger partial charge in [0.25, 0.3) is 5.91 Å². The zero-order valence-corrected chi connectivity index (χ0v) is 23.6. The van der Waals surface area contributed by atoms with Crippen LogP contribution in [0.3, 0.4) is 0 Å². The number of likely N-dealkylation sites (tertiary alicyclic amines) is 1. The number of esters is 1. The second-order valence-electron chi connectivity index (χ2n) is 13.3. The van der Waals surface area contributed by atoms with E-state index in [0.29, 0.717) is 37.3 Å². The fourth-order valence-electron chi connectivity index (χ4n) is 9.46. The molecule has 5 atom stereocenters. The van der Waals surface area contributed by atoms with Crippen LogP contribution in [0.2, 0.25) is 0 Å². The minimum Gasteiger partial charge on any atom is -0.504 e. The highest BCUT2D eigenvalue weighted by Gasteiger charge is 2.79. The van der Waals surface area contributed by atoms with E-state index >= 15 is 0 Å². The van der Waals surface area contributed by atoms with Crippen molar-refractivity contribution in [1.29, 1.82) is 0 Å². The molecule has 9 rings (SSSR count). The molecule has 1 saturated heterocycles. The van der Waals surface area contributed by atoms with E-state index in [1.165, 1.54) is 7.11 Å². The van der Waals surface area contributed by atoms with Gasteiger partial charge in [-0.25, -0.2) is 0 Å². The van der Waals surface area contributed by atoms with Gasteiger partial charge >= 0.3 is 5.97 Å². The van der Waals surface area contributed by atoms with E-state index in [-0.39, 0.29) is 23.7 Å². The normalized spacial score (nSPS) is 34.8. The number of amides is 1. The molecule has 2 N–H and O–H groups in total. The molecule has 0 aromatic heterocycles. The molecule has 41 heavy (non-hydrogen) atoms. The van der Waals surface area contributed by atoms with Crippen molar-refractivity contribution in [1.82, 2.24) is 9.80 Å².